The molecule has 1 amide bonds. The number of carbonyl (C=O) groups is 1. The first-order valence-electron chi connectivity index (χ1n) is 8.10. The summed E-state index contributed by atoms with van der Waals surface area (Å²) in [6, 6.07) is 16.2. The number of hydrogen-bond donors (Lipinski definition) is 1. The third kappa shape index (κ3) is 3.72. The van der Waals surface area contributed by atoms with Crippen LogP contribution in [0, 0.1) is 5.82 Å². The van der Waals surface area contributed by atoms with Crippen LogP contribution >= 0.6 is 0 Å². The first kappa shape index (κ1) is 16.6. The van der Waals surface area contributed by atoms with Crippen molar-refractivity contribution in [2.75, 3.05) is 5.32 Å². The number of hydrogen-bond acceptors (Lipinski definition) is 5. The number of pyridine rings is 1. The van der Waals surface area contributed by atoms with Gasteiger partial charge in [-0.2, -0.15) is 4.98 Å². The predicted octanol–water partition coefficient (Wildman–Crippen LogP) is 4.19. The number of nitrogens with one attached hydrogen (secondary N) is 1. The Balaban J connectivity index is 1.52. The highest BCUT2D eigenvalue weighted by atomic mass is 19.1. The fraction of sp³-hybridized carbons (Fsp3) is 0. The van der Waals surface area contributed by atoms with Crippen LogP contribution in [0.5, 0.6) is 0 Å². The minimum atomic E-state index is -0.372. The molecule has 2 heterocycles. The zero-order valence-electron chi connectivity index (χ0n) is 14.0. The lowest BCUT2D eigenvalue weighted by Gasteiger charge is -2.04. The second kappa shape index (κ2) is 7.17. The van der Waals surface area contributed by atoms with E-state index in [9.17, 15) is 9.18 Å². The van der Waals surface area contributed by atoms with E-state index >= 15 is 0 Å². The van der Waals surface area contributed by atoms with Crippen molar-refractivity contribution in [1.82, 2.24) is 15.1 Å². The van der Waals surface area contributed by atoms with Crippen LogP contribution < -0.4 is 5.32 Å². The van der Waals surface area contributed by atoms with Gasteiger partial charge >= 0.3 is 0 Å². The van der Waals surface area contributed by atoms with Crippen molar-refractivity contribution in [1.29, 1.82) is 0 Å². The number of nitrogens with zero attached hydrogens (tertiary/aromatic N) is 3. The fourth-order valence-corrected chi connectivity index (χ4v) is 2.49. The van der Waals surface area contributed by atoms with E-state index in [2.05, 4.69) is 20.4 Å². The van der Waals surface area contributed by atoms with Gasteiger partial charge in [0, 0.05) is 22.9 Å². The Hall–Kier alpha value is -3.87. The molecule has 0 spiro atoms. The minimum Gasteiger partial charge on any atom is -0.334 e. The largest absolute Gasteiger partial charge is 0.334 e. The lowest BCUT2D eigenvalue weighted by molar-refractivity contribution is 0.102. The molecule has 6 nitrogen and oxygen atoms in total. The second-order valence-electron chi connectivity index (χ2n) is 5.71. The molecule has 4 aromatic rings. The average molecular weight is 360 g/mol. The molecule has 27 heavy (non-hydrogen) atoms. The van der Waals surface area contributed by atoms with Crippen LogP contribution in [0.2, 0.25) is 0 Å². The van der Waals surface area contributed by atoms with E-state index in [4.69, 9.17) is 4.52 Å². The van der Waals surface area contributed by atoms with Crippen molar-refractivity contribution in [3.8, 4) is 22.8 Å². The normalized spacial score (nSPS) is 10.6. The van der Waals surface area contributed by atoms with E-state index in [1.165, 1.54) is 12.1 Å². The van der Waals surface area contributed by atoms with Crippen LogP contribution in [-0.4, -0.2) is 21.0 Å². The zero-order chi connectivity index (χ0) is 18.6. The highest BCUT2D eigenvalue weighted by molar-refractivity contribution is 6.04. The van der Waals surface area contributed by atoms with Gasteiger partial charge in [-0.05, 0) is 48.5 Å². The maximum atomic E-state index is 13.3. The van der Waals surface area contributed by atoms with Crippen LogP contribution in [0.15, 0.2) is 77.6 Å². The maximum Gasteiger partial charge on any atom is 0.258 e. The van der Waals surface area contributed by atoms with Gasteiger partial charge in [0.1, 0.15) is 5.82 Å². The molecule has 0 radical (unpaired) electrons. The Morgan fingerprint density at radius 2 is 1.85 bits per heavy atom. The van der Waals surface area contributed by atoms with Crippen LogP contribution in [0.4, 0.5) is 10.1 Å². The van der Waals surface area contributed by atoms with Crippen molar-refractivity contribution in [2.45, 2.75) is 0 Å². The first-order valence-corrected chi connectivity index (χ1v) is 8.10. The summed E-state index contributed by atoms with van der Waals surface area (Å²) in [6.45, 7) is 0. The Bertz CT molecular complexity index is 1080. The Morgan fingerprint density at radius 1 is 1.00 bits per heavy atom. The standard InChI is InChI=1S/C20H13FN4O2/c21-16-4-1-3-15(11-16)18-24-20(27-25-18)14-8-6-13(7-9-14)19(26)23-17-5-2-10-22-12-17/h1-12H,(H,23,26). The summed E-state index contributed by atoms with van der Waals surface area (Å²) in [7, 11) is 0. The highest BCUT2D eigenvalue weighted by Crippen LogP contribution is 2.23. The van der Waals surface area contributed by atoms with E-state index in [1.54, 1.807) is 60.9 Å². The molecule has 0 saturated heterocycles. The third-order valence-electron chi connectivity index (χ3n) is 3.82. The molecule has 0 unspecified atom stereocenters. The van der Waals surface area contributed by atoms with Gasteiger partial charge in [0.2, 0.25) is 5.82 Å². The summed E-state index contributed by atoms with van der Waals surface area (Å²) in [5.41, 5.74) is 2.27. The minimum absolute atomic E-state index is 0.250. The molecule has 0 atom stereocenters. The lowest BCUT2D eigenvalue weighted by atomic mass is 10.1. The number of anilines is 1. The van der Waals surface area contributed by atoms with Crippen molar-refractivity contribution < 1.29 is 13.7 Å². The maximum absolute atomic E-state index is 13.3. The number of carbonyl (C=O) groups excluding carboxylic acids is 1. The van der Waals surface area contributed by atoms with Gasteiger partial charge in [-0.25, -0.2) is 4.39 Å². The van der Waals surface area contributed by atoms with Crippen LogP contribution in [0.1, 0.15) is 10.4 Å². The van der Waals surface area contributed by atoms with E-state index in [0.717, 1.165) is 0 Å². The van der Waals surface area contributed by atoms with E-state index in [0.29, 0.717) is 28.2 Å². The third-order valence-corrected chi connectivity index (χ3v) is 3.82. The summed E-state index contributed by atoms with van der Waals surface area (Å²) < 4.78 is 18.6. The highest BCUT2D eigenvalue weighted by Gasteiger charge is 2.12. The van der Waals surface area contributed by atoms with Gasteiger partial charge in [0.05, 0.1) is 11.9 Å². The predicted molar refractivity (Wildman–Crippen MR) is 97.3 cm³/mol. The molecule has 132 valence electrons. The monoisotopic (exact) mass is 360 g/mol. The fourth-order valence-electron chi connectivity index (χ4n) is 2.49. The van der Waals surface area contributed by atoms with Gasteiger partial charge in [0.15, 0.2) is 0 Å². The summed E-state index contributed by atoms with van der Waals surface area (Å²) in [5.74, 6) is -0.0419. The number of halogens is 1. The van der Waals surface area contributed by atoms with Crippen molar-refractivity contribution in [2.24, 2.45) is 0 Å². The van der Waals surface area contributed by atoms with Crippen LogP contribution in [-0.2, 0) is 0 Å². The molecule has 2 aromatic heterocycles. The quantitative estimate of drug-likeness (QED) is 0.590. The zero-order valence-corrected chi connectivity index (χ0v) is 14.0. The molecule has 0 saturated carbocycles. The Morgan fingerprint density at radius 3 is 2.59 bits per heavy atom. The number of benzene rings is 2. The summed E-state index contributed by atoms with van der Waals surface area (Å²) in [5, 5.41) is 6.64. The molecule has 7 heteroatoms. The van der Waals surface area contributed by atoms with Crippen LogP contribution in [0.25, 0.3) is 22.8 Å². The van der Waals surface area contributed by atoms with Crippen LogP contribution in [0.3, 0.4) is 0 Å². The summed E-state index contributed by atoms with van der Waals surface area (Å²) >= 11 is 0. The van der Waals surface area contributed by atoms with E-state index < -0.39 is 0 Å². The summed E-state index contributed by atoms with van der Waals surface area (Å²) in [4.78, 5) is 20.5. The molecule has 0 aliphatic heterocycles. The molecule has 1 N–H and O–H groups in total. The van der Waals surface area contributed by atoms with Gasteiger partial charge in [-0.1, -0.05) is 17.3 Å². The van der Waals surface area contributed by atoms with Gasteiger partial charge in [-0.3, -0.25) is 9.78 Å². The molecule has 2 aromatic carbocycles. The Kier molecular flexibility index (Phi) is 4.40. The molecule has 0 fully saturated rings. The molecular formula is C20H13FN4O2. The molecule has 0 aliphatic carbocycles. The average Bonchev–Trinajstić information content (AvgIpc) is 3.19. The van der Waals surface area contributed by atoms with Gasteiger partial charge in [-0.15, -0.1) is 0 Å². The molecule has 0 aliphatic rings. The van der Waals surface area contributed by atoms with Crippen molar-refractivity contribution in [3.05, 3.63) is 84.4 Å². The smallest absolute Gasteiger partial charge is 0.258 e. The molecule has 4 rings (SSSR count). The summed E-state index contributed by atoms with van der Waals surface area (Å²) in [6.07, 6.45) is 3.20. The van der Waals surface area contributed by atoms with E-state index in [-0.39, 0.29) is 17.6 Å². The number of aromatic nitrogens is 3. The lowest BCUT2D eigenvalue weighted by Crippen LogP contribution is -2.11. The van der Waals surface area contributed by atoms with Crippen molar-refractivity contribution in [3.63, 3.8) is 0 Å². The van der Waals surface area contributed by atoms with Gasteiger partial charge in [0.25, 0.3) is 11.8 Å². The van der Waals surface area contributed by atoms with Crippen molar-refractivity contribution >= 4 is 11.6 Å². The number of rotatable bonds is 4. The number of amides is 1. The SMILES string of the molecule is O=C(Nc1cccnc1)c1ccc(-c2nc(-c3cccc(F)c3)no2)cc1. The topological polar surface area (TPSA) is 80.9 Å². The molecular weight excluding hydrogens is 347 g/mol. The molecule has 0 bridgehead atoms. The first-order chi connectivity index (χ1) is 13.2. The van der Waals surface area contributed by atoms with E-state index in [1.807, 2.05) is 0 Å². The Labute approximate surface area is 153 Å². The van der Waals surface area contributed by atoms with Gasteiger partial charge < -0.3 is 9.84 Å². The second-order valence-corrected chi connectivity index (χ2v) is 5.71.